The third-order valence-corrected chi connectivity index (χ3v) is 9.80. The Balaban J connectivity index is 1.63. The maximum atomic E-state index is 11.7. The molecule has 9 atom stereocenters. The second-order valence-electron chi connectivity index (χ2n) is 9.54. The molecule has 0 saturated heterocycles. The van der Waals surface area contributed by atoms with Crippen LogP contribution in [-0.2, 0) is 4.79 Å². The van der Waals surface area contributed by atoms with E-state index >= 15 is 0 Å². The first-order valence-electron chi connectivity index (χ1n) is 9.67. The fraction of sp³-hybridized carbons (Fsp3) is 0.950. The second kappa shape index (κ2) is 5.56. The molecule has 2 nitrogen and oxygen atoms in total. The summed E-state index contributed by atoms with van der Waals surface area (Å²) in [6.07, 6.45) is 10.7. The monoisotopic (exact) mass is 382 g/mol. The molecule has 0 aromatic carbocycles. The highest BCUT2D eigenvalue weighted by molar-refractivity contribution is 9.09. The fourth-order valence-corrected chi connectivity index (χ4v) is 8.62. The largest absolute Gasteiger partial charge is 0.393 e. The Hall–Kier alpha value is 0.110. The van der Waals surface area contributed by atoms with Crippen molar-refractivity contribution in [1.82, 2.24) is 0 Å². The molecule has 3 heteroatoms. The highest BCUT2D eigenvalue weighted by Gasteiger charge is 2.61. The topological polar surface area (TPSA) is 37.3 Å². The van der Waals surface area contributed by atoms with Gasteiger partial charge in [-0.25, -0.2) is 0 Å². The minimum absolute atomic E-state index is 0.0590. The van der Waals surface area contributed by atoms with Gasteiger partial charge in [-0.05, 0) is 85.9 Å². The van der Waals surface area contributed by atoms with Gasteiger partial charge >= 0.3 is 0 Å². The number of hydrogen-bond donors (Lipinski definition) is 1. The first-order valence-corrected chi connectivity index (χ1v) is 10.6. The Bertz CT molecular complexity index is 494. The van der Waals surface area contributed by atoms with Gasteiger partial charge in [0.1, 0.15) is 6.29 Å². The van der Waals surface area contributed by atoms with E-state index in [1.165, 1.54) is 44.8 Å². The summed E-state index contributed by atoms with van der Waals surface area (Å²) >= 11 is 3.83. The number of aldehydes is 1. The van der Waals surface area contributed by atoms with E-state index in [9.17, 15) is 9.90 Å². The number of aliphatic hydroxyl groups is 1. The van der Waals surface area contributed by atoms with Gasteiger partial charge in [-0.1, -0.05) is 29.8 Å². The molecule has 4 aliphatic carbocycles. The predicted octanol–water partition coefficient (Wildman–Crippen LogP) is 4.58. The Labute approximate surface area is 148 Å². The number of alkyl halides is 1. The lowest BCUT2D eigenvalue weighted by molar-refractivity contribution is -0.133. The molecule has 2 unspecified atom stereocenters. The number of hydrogen-bond acceptors (Lipinski definition) is 2. The van der Waals surface area contributed by atoms with Crippen molar-refractivity contribution in [2.75, 3.05) is 0 Å². The van der Waals surface area contributed by atoms with Gasteiger partial charge in [0, 0.05) is 10.7 Å². The van der Waals surface area contributed by atoms with Crippen molar-refractivity contribution >= 4 is 22.2 Å². The molecule has 4 aliphatic rings. The zero-order valence-corrected chi connectivity index (χ0v) is 16.1. The van der Waals surface area contributed by atoms with Crippen molar-refractivity contribution in [3.05, 3.63) is 0 Å². The third-order valence-electron chi connectivity index (χ3n) is 8.85. The number of fused-ring (bicyclic) bond motifs is 5. The van der Waals surface area contributed by atoms with Crippen LogP contribution < -0.4 is 0 Å². The van der Waals surface area contributed by atoms with Crippen molar-refractivity contribution < 1.29 is 9.90 Å². The van der Waals surface area contributed by atoms with Gasteiger partial charge in [0.05, 0.1) is 6.10 Å². The van der Waals surface area contributed by atoms with Gasteiger partial charge in [-0.2, -0.15) is 0 Å². The first kappa shape index (κ1) is 16.6. The van der Waals surface area contributed by atoms with E-state index in [1.807, 2.05) is 0 Å². The van der Waals surface area contributed by atoms with E-state index in [1.54, 1.807) is 0 Å². The zero-order chi connectivity index (χ0) is 16.4. The standard InChI is InChI=1S/C20H31BrO2/c1-19-7-5-13(23)9-12(19)3-4-14-15(19)6-8-20(2)16(14)10-18(21)17(20)11-22/h11-18,23H,3-10H2,1-2H3/t12?,13-,14+,15-,16-,17?,18+,19-,20-/m0/s1. The fourth-order valence-electron chi connectivity index (χ4n) is 7.48. The van der Waals surface area contributed by atoms with Gasteiger partial charge in [0.15, 0.2) is 0 Å². The maximum absolute atomic E-state index is 11.7. The molecule has 0 aliphatic heterocycles. The van der Waals surface area contributed by atoms with Crippen LogP contribution >= 0.6 is 15.9 Å². The van der Waals surface area contributed by atoms with Crippen molar-refractivity contribution in [2.24, 2.45) is 40.4 Å². The Morgan fingerprint density at radius 3 is 2.48 bits per heavy atom. The van der Waals surface area contributed by atoms with E-state index in [2.05, 4.69) is 29.8 Å². The van der Waals surface area contributed by atoms with Crippen LogP contribution in [0.3, 0.4) is 0 Å². The summed E-state index contributed by atoms with van der Waals surface area (Å²) in [7, 11) is 0. The summed E-state index contributed by atoms with van der Waals surface area (Å²) in [6.45, 7) is 4.92. The first-order chi connectivity index (χ1) is 10.9. The molecule has 4 rings (SSSR count). The molecule has 0 aromatic heterocycles. The lowest BCUT2D eigenvalue weighted by atomic mass is 9.45. The van der Waals surface area contributed by atoms with E-state index < -0.39 is 0 Å². The molecule has 0 aromatic rings. The van der Waals surface area contributed by atoms with Gasteiger partial charge in [-0.3, -0.25) is 0 Å². The zero-order valence-electron chi connectivity index (χ0n) is 14.5. The molecule has 1 N–H and O–H groups in total. The van der Waals surface area contributed by atoms with Crippen molar-refractivity contribution in [1.29, 1.82) is 0 Å². The van der Waals surface area contributed by atoms with Crippen LogP contribution in [0, 0.1) is 40.4 Å². The molecule has 130 valence electrons. The van der Waals surface area contributed by atoms with Crippen molar-refractivity contribution in [3.8, 4) is 0 Å². The average molecular weight is 383 g/mol. The highest BCUT2D eigenvalue weighted by Crippen LogP contribution is 2.67. The number of carbonyl (C=O) groups excluding carboxylic acids is 1. The molecule has 0 amide bonds. The molecular formula is C20H31BrO2. The molecule has 0 radical (unpaired) electrons. The van der Waals surface area contributed by atoms with Gasteiger partial charge in [-0.15, -0.1) is 0 Å². The third kappa shape index (κ3) is 2.25. The molecule has 0 bridgehead atoms. The van der Waals surface area contributed by atoms with Crippen LogP contribution in [0.25, 0.3) is 0 Å². The van der Waals surface area contributed by atoms with E-state index in [0.717, 1.165) is 30.6 Å². The molecule has 23 heavy (non-hydrogen) atoms. The van der Waals surface area contributed by atoms with Crippen LogP contribution in [-0.4, -0.2) is 22.3 Å². The summed E-state index contributed by atoms with van der Waals surface area (Å²) in [5, 5.41) is 10.1. The number of halogens is 1. The molecule has 4 fully saturated rings. The summed E-state index contributed by atoms with van der Waals surface area (Å²) in [5.41, 5.74) is 0.652. The smallest absolute Gasteiger partial charge is 0.124 e. The molecular weight excluding hydrogens is 352 g/mol. The van der Waals surface area contributed by atoms with Gasteiger partial charge in [0.2, 0.25) is 0 Å². The number of aliphatic hydroxyl groups excluding tert-OH is 1. The lowest BCUT2D eigenvalue weighted by Crippen LogP contribution is -2.54. The Morgan fingerprint density at radius 2 is 1.74 bits per heavy atom. The SMILES string of the molecule is C[C@]12CC[C@H](O)CC1CC[C@@H]1[C@@H]2CC[C@]2(C)C(C=O)[C@H](Br)C[C@@H]12. The normalized spacial score (nSPS) is 58.9. The molecule has 4 saturated carbocycles. The van der Waals surface area contributed by atoms with Crippen LogP contribution in [0.15, 0.2) is 0 Å². The molecule has 0 spiro atoms. The highest BCUT2D eigenvalue weighted by atomic mass is 79.9. The maximum Gasteiger partial charge on any atom is 0.124 e. The summed E-state index contributed by atoms with van der Waals surface area (Å²) in [5.74, 6) is 3.25. The van der Waals surface area contributed by atoms with Crippen LogP contribution in [0.1, 0.15) is 65.2 Å². The van der Waals surface area contributed by atoms with E-state index in [-0.39, 0.29) is 17.4 Å². The second-order valence-corrected chi connectivity index (χ2v) is 10.7. The summed E-state index contributed by atoms with van der Waals surface area (Å²) in [4.78, 5) is 12.1. The number of rotatable bonds is 1. The summed E-state index contributed by atoms with van der Waals surface area (Å²) in [6, 6.07) is 0. The van der Waals surface area contributed by atoms with Crippen molar-refractivity contribution in [3.63, 3.8) is 0 Å². The minimum atomic E-state index is -0.0590. The van der Waals surface area contributed by atoms with Gasteiger partial charge < -0.3 is 9.90 Å². The Kier molecular flexibility index (Phi) is 4.00. The van der Waals surface area contributed by atoms with Crippen molar-refractivity contribution in [2.45, 2.75) is 76.1 Å². The molecule has 0 heterocycles. The van der Waals surface area contributed by atoms with E-state index in [4.69, 9.17) is 0 Å². The van der Waals surface area contributed by atoms with Gasteiger partial charge in [0.25, 0.3) is 0 Å². The minimum Gasteiger partial charge on any atom is -0.393 e. The average Bonchev–Trinajstić information content (AvgIpc) is 2.77. The summed E-state index contributed by atoms with van der Waals surface area (Å²) < 4.78 is 0. The predicted molar refractivity (Wildman–Crippen MR) is 95.4 cm³/mol. The van der Waals surface area contributed by atoms with Crippen LogP contribution in [0.4, 0.5) is 0 Å². The van der Waals surface area contributed by atoms with E-state index in [0.29, 0.717) is 16.2 Å². The Morgan fingerprint density at radius 1 is 1.00 bits per heavy atom. The lowest BCUT2D eigenvalue weighted by Gasteiger charge is -2.60. The van der Waals surface area contributed by atoms with Crippen LogP contribution in [0.5, 0.6) is 0 Å². The quantitative estimate of drug-likeness (QED) is 0.532. The number of carbonyl (C=O) groups is 1. The van der Waals surface area contributed by atoms with Crippen LogP contribution in [0.2, 0.25) is 0 Å².